The molecule has 1 saturated heterocycles. The Bertz CT molecular complexity index is 1160. The molecule has 2 amide bonds. The quantitative estimate of drug-likeness (QED) is 0.570. The van der Waals surface area contributed by atoms with Crippen LogP contribution in [0.2, 0.25) is 0 Å². The number of benzene rings is 1. The number of hydrogen-bond acceptors (Lipinski definition) is 6. The summed E-state index contributed by atoms with van der Waals surface area (Å²) in [5.41, 5.74) is -1.30. The molecule has 0 spiro atoms. The average molecular weight is 484 g/mol. The van der Waals surface area contributed by atoms with Crippen LogP contribution in [0.4, 0.5) is 24.7 Å². The predicted octanol–water partition coefficient (Wildman–Crippen LogP) is 3.85. The van der Waals surface area contributed by atoms with Gasteiger partial charge >= 0.3 is 6.18 Å². The second kappa shape index (κ2) is 8.91. The van der Waals surface area contributed by atoms with Gasteiger partial charge in [0.15, 0.2) is 0 Å². The van der Waals surface area contributed by atoms with E-state index in [0.29, 0.717) is 26.2 Å². The molecule has 1 aliphatic heterocycles. The van der Waals surface area contributed by atoms with Gasteiger partial charge in [0.1, 0.15) is 22.9 Å². The van der Waals surface area contributed by atoms with E-state index in [-0.39, 0.29) is 11.3 Å². The molecule has 1 N–H and O–H groups in total. The van der Waals surface area contributed by atoms with E-state index in [1.807, 2.05) is 16.3 Å². The lowest BCUT2D eigenvalue weighted by Gasteiger charge is -2.35. The Balaban J connectivity index is 1.53. The zero-order chi connectivity index (χ0) is 22.9. The second-order valence-electron chi connectivity index (χ2n) is 7.09. The standard InChI is InChI=1S/C20H17ClF3N5O2S/c21-10-16(30)27-14-8-12(7-13(9-14)20(22,23)24)19(31)29-4-2-28(3-5-29)17-15-1-6-32-18(15)26-11-25-17/h1,6-9,11H,2-5,10H2,(H,27,30). The molecule has 1 fully saturated rings. The minimum Gasteiger partial charge on any atom is -0.352 e. The molecule has 0 aliphatic carbocycles. The van der Waals surface area contributed by atoms with Gasteiger partial charge in [0.05, 0.1) is 10.9 Å². The highest BCUT2D eigenvalue weighted by atomic mass is 35.5. The molecule has 0 unspecified atom stereocenters. The molecule has 3 aromatic rings. The van der Waals surface area contributed by atoms with Gasteiger partial charge in [-0.05, 0) is 29.6 Å². The van der Waals surface area contributed by atoms with Crippen LogP contribution in [-0.4, -0.2) is 58.7 Å². The van der Waals surface area contributed by atoms with E-state index in [1.54, 1.807) is 0 Å². The Morgan fingerprint density at radius 2 is 1.88 bits per heavy atom. The fourth-order valence-corrected chi connectivity index (χ4v) is 4.31. The third-order valence-electron chi connectivity index (χ3n) is 5.02. The summed E-state index contributed by atoms with van der Waals surface area (Å²) in [7, 11) is 0. The Kier molecular flexibility index (Phi) is 6.20. The highest BCUT2D eigenvalue weighted by molar-refractivity contribution is 7.16. The minimum absolute atomic E-state index is 0.131. The summed E-state index contributed by atoms with van der Waals surface area (Å²) in [4.78, 5) is 37.5. The summed E-state index contributed by atoms with van der Waals surface area (Å²) in [6.45, 7) is 1.58. The van der Waals surface area contributed by atoms with Gasteiger partial charge in [-0.1, -0.05) is 0 Å². The molecule has 0 radical (unpaired) electrons. The van der Waals surface area contributed by atoms with Gasteiger partial charge in [0.2, 0.25) is 5.91 Å². The Labute approximate surface area is 189 Å². The first-order chi connectivity index (χ1) is 15.3. The molecule has 0 atom stereocenters. The molecule has 1 aliphatic rings. The summed E-state index contributed by atoms with van der Waals surface area (Å²) >= 11 is 6.93. The van der Waals surface area contributed by atoms with E-state index >= 15 is 0 Å². The van der Waals surface area contributed by atoms with Crippen LogP contribution in [0, 0.1) is 0 Å². The maximum Gasteiger partial charge on any atom is 0.416 e. The lowest BCUT2D eigenvalue weighted by atomic mass is 10.1. The van der Waals surface area contributed by atoms with Crippen LogP contribution in [0.5, 0.6) is 0 Å². The number of hydrogen-bond donors (Lipinski definition) is 1. The van der Waals surface area contributed by atoms with Crippen molar-refractivity contribution in [3.05, 3.63) is 47.1 Å². The first-order valence-corrected chi connectivity index (χ1v) is 11.0. The zero-order valence-corrected chi connectivity index (χ0v) is 18.1. The van der Waals surface area contributed by atoms with Crippen molar-refractivity contribution in [2.75, 3.05) is 42.3 Å². The van der Waals surface area contributed by atoms with Crippen molar-refractivity contribution in [1.82, 2.24) is 14.9 Å². The lowest BCUT2D eigenvalue weighted by Crippen LogP contribution is -2.49. The van der Waals surface area contributed by atoms with Crippen molar-refractivity contribution in [3.63, 3.8) is 0 Å². The van der Waals surface area contributed by atoms with Crippen LogP contribution in [0.3, 0.4) is 0 Å². The molecule has 3 heterocycles. The van der Waals surface area contributed by atoms with E-state index < -0.39 is 29.4 Å². The van der Waals surface area contributed by atoms with Gasteiger partial charge < -0.3 is 15.1 Å². The van der Waals surface area contributed by atoms with E-state index in [9.17, 15) is 22.8 Å². The van der Waals surface area contributed by atoms with Gasteiger partial charge in [0.25, 0.3) is 5.91 Å². The van der Waals surface area contributed by atoms with Crippen molar-refractivity contribution >= 4 is 56.5 Å². The highest BCUT2D eigenvalue weighted by Gasteiger charge is 2.33. The molecular weight excluding hydrogens is 467 g/mol. The smallest absolute Gasteiger partial charge is 0.352 e. The second-order valence-corrected chi connectivity index (χ2v) is 8.26. The van der Waals surface area contributed by atoms with Crippen LogP contribution in [0.25, 0.3) is 10.2 Å². The number of alkyl halides is 4. The Morgan fingerprint density at radius 3 is 2.56 bits per heavy atom. The zero-order valence-electron chi connectivity index (χ0n) is 16.5. The van der Waals surface area contributed by atoms with Crippen LogP contribution >= 0.6 is 22.9 Å². The molecule has 2 aromatic heterocycles. The lowest BCUT2D eigenvalue weighted by molar-refractivity contribution is -0.137. The number of carbonyl (C=O) groups is 2. The highest BCUT2D eigenvalue weighted by Crippen LogP contribution is 2.33. The molecular formula is C20H17ClF3N5O2S. The van der Waals surface area contributed by atoms with Crippen molar-refractivity contribution < 1.29 is 22.8 Å². The third-order valence-corrected chi connectivity index (χ3v) is 6.08. The number of fused-ring (bicyclic) bond motifs is 1. The molecule has 168 valence electrons. The normalized spacial score (nSPS) is 14.6. The number of rotatable bonds is 4. The van der Waals surface area contributed by atoms with Gasteiger partial charge in [-0.25, -0.2) is 9.97 Å². The summed E-state index contributed by atoms with van der Waals surface area (Å²) < 4.78 is 40.0. The van der Waals surface area contributed by atoms with E-state index in [0.717, 1.165) is 28.2 Å². The maximum atomic E-state index is 13.3. The molecule has 0 saturated carbocycles. The van der Waals surface area contributed by atoms with Crippen LogP contribution in [0.1, 0.15) is 15.9 Å². The maximum absolute atomic E-state index is 13.3. The SMILES string of the molecule is O=C(CCl)Nc1cc(C(=O)N2CCN(c3ncnc4sccc34)CC2)cc(C(F)(F)F)c1. The summed E-state index contributed by atoms with van der Waals surface area (Å²) in [5.74, 6) is -0.848. The average Bonchev–Trinajstić information content (AvgIpc) is 3.27. The Hall–Kier alpha value is -2.92. The van der Waals surface area contributed by atoms with E-state index in [1.165, 1.54) is 28.6 Å². The molecule has 7 nitrogen and oxygen atoms in total. The van der Waals surface area contributed by atoms with Crippen molar-refractivity contribution in [1.29, 1.82) is 0 Å². The van der Waals surface area contributed by atoms with E-state index in [2.05, 4.69) is 15.3 Å². The number of halogens is 4. The van der Waals surface area contributed by atoms with Gasteiger partial charge in [-0.2, -0.15) is 13.2 Å². The van der Waals surface area contributed by atoms with Crippen LogP contribution in [-0.2, 0) is 11.0 Å². The predicted molar refractivity (Wildman–Crippen MR) is 116 cm³/mol. The number of piperazine rings is 1. The van der Waals surface area contributed by atoms with Gasteiger partial charge in [-0.15, -0.1) is 22.9 Å². The van der Waals surface area contributed by atoms with Crippen molar-refractivity contribution in [2.45, 2.75) is 6.18 Å². The summed E-state index contributed by atoms with van der Waals surface area (Å²) in [6, 6.07) is 4.74. The first-order valence-electron chi connectivity index (χ1n) is 9.57. The largest absolute Gasteiger partial charge is 0.416 e. The van der Waals surface area contributed by atoms with Crippen LogP contribution < -0.4 is 10.2 Å². The topological polar surface area (TPSA) is 78.4 Å². The number of anilines is 2. The number of thiophene rings is 1. The molecule has 32 heavy (non-hydrogen) atoms. The molecule has 4 rings (SSSR count). The van der Waals surface area contributed by atoms with Gasteiger partial charge in [-0.3, -0.25) is 9.59 Å². The van der Waals surface area contributed by atoms with E-state index in [4.69, 9.17) is 11.6 Å². The fourth-order valence-electron chi connectivity index (χ4n) is 3.51. The Morgan fingerprint density at radius 1 is 1.12 bits per heavy atom. The monoisotopic (exact) mass is 483 g/mol. The van der Waals surface area contributed by atoms with Crippen LogP contribution in [0.15, 0.2) is 36.0 Å². The first kappa shape index (κ1) is 22.3. The number of nitrogens with zero attached hydrogens (tertiary/aromatic N) is 4. The molecule has 1 aromatic carbocycles. The number of amides is 2. The third kappa shape index (κ3) is 4.63. The molecule has 0 bridgehead atoms. The number of nitrogens with one attached hydrogen (secondary N) is 1. The van der Waals surface area contributed by atoms with Gasteiger partial charge in [0, 0.05) is 37.4 Å². The number of aromatic nitrogens is 2. The summed E-state index contributed by atoms with van der Waals surface area (Å²) in [5, 5.41) is 5.14. The minimum atomic E-state index is -4.67. The summed E-state index contributed by atoms with van der Waals surface area (Å²) in [6.07, 6.45) is -3.18. The number of carbonyl (C=O) groups excluding carboxylic acids is 2. The van der Waals surface area contributed by atoms with Crippen molar-refractivity contribution in [3.8, 4) is 0 Å². The van der Waals surface area contributed by atoms with Crippen molar-refractivity contribution in [2.24, 2.45) is 0 Å². The fraction of sp³-hybridized carbons (Fsp3) is 0.300. The molecule has 12 heteroatoms.